The summed E-state index contributed by atoms with van der Waals surface area (Å²) in [6.07, 6.45) is 1.72. The average Bonchev–Trinajstić information content (AvgIpc) is 2.43. The Balaban J connectivity index is 2.22. The van der Waals surface area contributed by atoms with Gasteiger partial charge in [0.25, 0.3) is 0 Å². The molecule has 1 aromatic carbocycles. The number of anilines is 1. The van der Waals surface area contributed by atoms with E-state index >= 15 is 0 Å². The lowest BCUT2D eigenvalue weighted by atomic mass is 10.0. The van der Waals surface area contributed by atoms with E-state index < -0.39 is 10.2 Å². The topological polar surface area (TPSA) is 75.4 Å². The minimum absolute atomic E-state index is 0.137. The summed E-state index contributed by atoms with van der Waals surface area (Å²) in [5.74, 6) is 0.173. The molecule has 1 unspecified atom stereocenters. The second kappa shape index (κ2) is 6.89. The first-order valence-corrected chi connectivity index (χ1v) is 9.03. The second-order valence-corrected chi connectivity index (χ2v) is 7.87. The summed E-state index contributed by atoms with van der Waals surface area (Å²) in [6.45, 7) is 1.32. The number of nitrogens with one attached hydrogen (secondary N) is 1. The molecule has 2 rings (SSSR count). The molecule has 1 saturated heterocycles. The van der Waals surface area contributed by atoms with Crippen LogP contribution in [-0.4, -0.2) is 32.4 Å². The summed E-state index contributed by atoms with van der Waals surface area (Å²) in [6, 6.07) is 2.87. The first kappa shape index (κ1) is 17.1. The Hall–Kier alpha value is -0.240. The molecule has 1 atom stereocenters. The molecule has 1 fully saturated rings. The molecule has 0 aliphatic carbocycles. The van der Waals surface area contributed by atoms with E-state index in [9.17, 15) is 8.42 Å². The van der Waals surface area contributed by atoms with Crippen LogP contribution in [0.5, 0.6) is 0 Å². The summed E-state index contributed by atoms with van der Waals surface area (Å²) < 4.78 is 28.7. The van der Waals surface area contributed by atoms with Gasteiger partial charge in [0.2, 0.25) is 0 Å². The van der Waals surface area contributed by atoms with Crippen LogP contribution in [0.2, 0.25) is 15.1 Å². The standard InChI is InChI=1S/C12H16Cl3N3O2S/c13-9-4-10(14)12(11(15)5-9)17-21(19,20)18-3-1-2-8(6-16)7-18/h4-5,8,17H,1-3,6-7,16H2. The Morgan fingerprint density at radius 1 is 1.29 bits per heavy atom. The van der Waals surface area contributed by atoms with Crippen LogP contribution >= 0.6 is 34.8 Å². The van der Waals surface area contributed by atoms with Gasteiger partial charge in [0.05, 0.1) is 15.7 Å². The molecule has 0 aromatic heterocycles. The Morgan fingerprint density at radius 2 is 1.90 bits per heavy atom. The summed E-state index contributed by atoms with van der Waals surface area (Å²) in [7, 11) is -3.72. The monoisotopic (exact) mass is 371 g/mol. The van der Waals surface area contributed by atoms with Crippen LogP contribution in [0.25, 0.3) is 0 Å². The molecule has 3 N–H and O–H groups in total. The van der Waals surface area contributed by atoms with Crippen LogP contribution in [0.3, 0.4) is 0 Å². The zero-order valence-corrected chi connectivity index (χ0v) is 14.2. The van der Waals surface area contributed by atoms with Gasteiger partial charge in [0.1, 0.15) is 0 Å². The van der Waals surface area contributed by atoms with Crippen molar-refractivity contribution in [1.82, 2.24) is 4.31 Å². The average molecular weight is 373 g/mol. The predicted molar refractivity (Wildman–Crippen MR) is 87.4 cm³/mol. The van der Waals surface area contributed by atoms with E-state index in [2.05, 4.69) is 4.72 Å². The first-order valence-electron chi connectivity index (χ1n) is 6.46. The predicted octanol–water partition coefficient (Wildman–Crippen LogP) is 2.97. The maximum atomic E-state index is 12.4. The normalized spacial score (nSPS) is 20.5. The lowest BCUT2D eigenvalue weighted by molar-refractivity contribution is 0.273. The van der Waals surface area contributed by atoms with Crippen molar-refractivity contribution in [1.29, 1.82) is 0 Å². The fourth-order valence-electron chi connectivity index (χ4n) is 2.27. The highest BCUT2D eigenvalue weighted by Gasteiger charge is 2.29. The molecule has 0 radical (unpaired) electrons. The Labute approximate surface area is 139 Å². The fourth-order valence-corrected chi connectivity index (χ4v) is 4.68. The van der Waals surface area contributed by atoms with E-state index in [1.54, 1.807) is 0 Å². The molecule has 1 heterocycles. The van der Waals surface area contributed by atoms with Gasteiger partial charge in [0.15, 0.2) is 0 Å². The quantitative estimate of drug-likeness (QED) is 0.853. The molecule has 1 aromatic rings. The van der Waals surface area contributed by atoms with Gasteiger partial charge in [-0.15, -0.1) is 0 Å². The minimum atomic E-state index is -3.72. The number of nitrogens with zero attached hydrogens (tertiary/aromatic N) is 1. The number of halogens is 3. The smallest absolute Gasteiger partial charge is 0.301 e. The van der Waals surface area contributed by atoms with Crippen molar-refractivity contribution in [2.45, 2.75) is 12.8 Å². The Kier molecular flexibility index (Phi) is 5.62. The zero-order valence-electron chi connectivity index (χ0n) is 11.2. The van der Waals surface area contributed by atoms with E-state index in [0.29, 0.717) is 24.7 Å². The van der Waals surface area contributed by atoms with E-state index in [4.69, 9.17) is 40.5 Å². The Morgan fingerprint density at radius 3 is 2.48 bits per heavy atom. The number of hydrogen-bond acceptors (Lipinski definition) is 3. The second-order valence-electron chi connectivity index (χ2n) is 4.95. The van der Waals surface area contributed by atoms with Gasteiger partial charge in [-0.05, 0) is 37.4 Å². The lowest BCUT2D eigenvalue weighted by Crippen LogP contribution is -2.44. The van der Waals surface area contributed by atoms with Crippen molar-refractivity contribution < 1.29 is 8.42 Å². The Bertz CT molecular complexity index is 601. The first-order chi connectivity index (χ1) is 9.83. The SMILES string of the molecule is NCC1CCCN(S(=O)(=O)Nc2c(Cl)cc(Cl)cc2Cl)C1. The maximum Gasteiger partial charge on any atom is 0.301 e. The molecule has 9 heteroatoms. The molecule has 21 heavy (non-hydrogen) atoms. The highest BCUT2D eigenvalue weighted by atomic mass is 35.5. The lowest BCUT2D eigenvalue weighted by Gasteiger charge is -2.31. The molecule has 1 aliphatic rings. The highest BCUT2D eigenvalue weighted by molar-refractivity contribution is 7.90. The third kappa shape index (κ3) is 4.15. The summed E-state index contributed by atoms with van der Waals surface area (Å²) >= 11 is 17.8. The highest BCUT2D eigenvalue weighted by Crippen LogP contribution is 2.35. The molecule has 0 bridgehead atoms. The fraction of sp³-hybridized carbons (Fsp3) is 0.500. The third-order valence-corrected chi connectivity index (χ3v) is 5.68. The molecule has 1 aliphatic heterocycles. The van der Waals surface area contributed by atoms with Crippen molar-refractivity contribution in [3.63, 3.8) is 0 Å². The number of nitrogens with two attached hydrogens (primary N) is 1. The minimum Gasteiger partial charge on any atom is -0.330 e. The van der Waals surface area contributed by atoms with E-state index in [0.717, 1.165) is 12.8 Å². The number of benzene rings is 1. The number of piperidine rings is 1. The van der Waals surface area contributed by atoms with Crippen LogP contribution < -0.4 is 10.5 Å². The van der Waals surface area contributed by atoms with Gasteiger partial charge >= 0.3 is 10.2 Å². The molecule has 5 nitrogen and oxygen atoms in total. The summed E-state index contributed by atoms with van der Waals surface area (Å²) in [4.78, 5) is 0. The third-order valence-electron chi connectivity index (χ3n) is 3.39. The largest absolute Gasteiger partial charge is 0.330 e. The van der Waals surface area contributed by atoms with E-state index in [-0.39, 0.29) is 21.7 Å². The van der Waals surface area contributed by atoms with Gasteiger partial charge in [-0.2, -0.15) is 12.7 Å². The van der Waals surface area contributed by atoms with Crippen molar-refractivity contribution in [3.8, 4) is 0 Å². The molecule has 0 saturated carbocycles. The van der Waals surface area contributed by atoms with Gasteiger partial charge in [-0.3, -0.25) is 4.72 Å². The van der Waals surface area contributed by atoms with Gasteiger partial charge in [-0.25, -0.2) is 0 Å². The van der Waals surface area contributed by atoms with Crippen LogP contribution in [0.4, 0.5) is 5.69 Å². The van der Waals surface area contributed by atoms with Gasteiger partial charge < -0.3 is 5.73 Å². The summed E-state index contributed by atoms with van der Waals surface area (Å²) in [5, 5.41) is 0.654. The molecular weight excluding hydrogens is 357 g/mol. The van der Waals surface area contributed by atoms with Crippen molar-refractivity contribution in [2.24, 2.45) is 11.7 Å². The van der Waals surface area contributed by atoms with Crippen LogP contribution in [0.1, 0.15) is 12.8 Å². The van der Waals surface area contributed by atoms with Crippen LogP contribution in [0.15, 0.2) is 12.1 Å². The maximum absolute atomic E-state index is 12.4. The molecular formula is C12H16Cl3N3O2S. The summed E-state index contributed by atoms with van der Waals surface area (Å²) in [5.41, 5.74) is 5.76. The number of rotatable bonds is 4. The van der Waals surface area contributed by atoms with E-state index in [1.807, 2.05) is 0 Å². The van der Waals surface area contributed by atoms with Crippen LogP contribution in [0, 0.1) is 5.92 Å². The van der Waals surface area contributed by atoms with Crippen molar-refractivity contribution in [2.75, 3.05) is 24.4 Å². The number of hydrogen-bond donors (Lipinski definition) is 2. The van der Waals surface area contributed by atoms with Crippen LogP contribution in [-0.2, 0) is 10.2 Å². The van der Waals surface area contributed by atoms with Crippen molar-refractivity contribution >= 4 is 50.7 Å². The molecule has 0 amide bonds. The van der Waals surface area contributed by atoms with Gasteiger partial charge in [0, 0.05) is 18.1 Å². The van der Waals surface area contributed by atoms with Gasteiger partial charge in [-0.1, -0.05) is 34.8 Å². The van der Waals surface area contributed by atoms with E-state index in [1.165, 1.54) is 16.4 Å². The zero-order chi connectivity index (χ0) is 15.6. The molecule has 0 spiro atoms. The van der Waals surface area contributed by atoms with Crippen molar-refractivity contribution in [3.05, 3.63) is 27.2 Å². The molecule has 118 valence electrons.